The van der Waals surface area contributed by atoms with Crippen LogP contribution in [0.5, 0.6) is 0 Å². The zero-order valence-corrected chi connectivity index (χ0v) is 18.4. The molecule has 162 valence electrons. The van der Waals surface area contributed by atoms with Crippen LogP contribution in [0.1, 0.15) is 6.92 Å². The van der Waals surface area contributed by atoms with Gasteiger partial charge in [0.15, 0.2) is 23.3 Å². The molecule has 0 radical (unpaired) electrons. The number of aromatic nitrogens is 2. The second-order valence-electron chi connectivity index (χ2n) is 8.08. The van der Waals surface area contributed by atoms with Crippen LogP contribution in [0.15, 0.2) is 28.6 Å². The van der Waals surface area contributed by atoms with Crippen LogP contribution in [0, 0.1) is 5.92 Å². The summed E-state index contributed by atoms with van der Waals surface area (Å²) in [4.78, 5) is 46.4. The molecule has 1 N–H and O–H groups in total. The van der Waals surface area contributed by atoms with E-state index in [9.17, 15) is 9.59 Å². The number of piperazine rings is 1. The first-order valence-electron chi connectivity index (χ1n) is 10.2. The summed E-state index contributed by atoms with van der Waals surface area (Å²) in [6, 6.07) is 0.910. The Kier molecular flexibility index (Phi) is 6.09. The van der Waals surface area contributed by atoms with Gasteiger partial charge in [-0.15, -0.1) is 0 Å². The summed E-state index contributed by atoms with van der Waals surface area (Å²) in [6.07, 6.45) is 2.99. The molecular formula is C19H28N8O2S. The molecule has 3 unspecified atom stereocenters. The van der Waals surface area contributed by atoms with Crippen molar-refractivity contribution in [2.45, 2.75) is 24.3 Å². The summed E-state index contributed by atoms with van der Waals surface area (Å²) in [5.74, 6) is 1.64. The fourth-order valence-corrected chi connectivity index (χ4v) is 4.75. The molecule has 30 heavy (non-hydrogen) atoms. The third-order valence-electron chi connectivity index (χ3n) is 5.67. The molecule has 4 rings (SSSR count). The van der Waals surface area contributed by atoms with Gasteiger partial charge in [0.05, 0.1) is 0 Å². The number of nitrogens with zero attached hydrogens (tertiary/aromatic N) is 7. The lowest BCUT2D eigenvalue weighted by atomic mass is 10.1. The zero-order valence-electron chi connectivity index (χ0n) is 17.6. The minimum Gasteiger partial charge on any atom is -0.340 e. The second kappa shape index (κ2) is 8.76. The van der Waals surface area contributed by atoms with Crippen molar-refractivity contribution in [3.63, 3.8) is 0 Å². The molecule has 10 nitrogen and oxygen atoms in total. The number of nitrogens with one attached hydrogen (secondary N) is 1. The van der Waals surface area contributed by atoms with Crippen LogP contribution in [0.4, 0.5) is 4.79 Å². The molecule has 0 aliphatic carbocycles. The number of likely N-dealkylation sites (N-methyl/N-ethyl adjacent to an activating group) is 2. The SMILES string of the molecule is CC(CSc1ncccn1)CN1C(N2CCN(C)CC2)=NC2C1C(=O)NC(=O)N2C. The average Bonchev–Trinajstić information content (AvgIpc) is 3.12. The van der Waals surface area contributed by atoms with Gasteiger partial charge in [0, 0.05) is 57.9 Å². The molecule has 3 atom stereocenters. The Morgan fingerprint density at radius 3 is 2.57 bits per heavy atom. The van der Waals surface area contributed by atoms with Gasteiger partial charge in [0.1, 0.15) is 0 Å². The molecule has 1 aromatic rings. The molecule has 11 heteroatoms. The molecule has 0 saturated carbocycles. The fraction of sp³-hybridized carbons (Fsp3) is 0.632. The van der Waals surface area contributed by atoms with Gasteiger partial charge in [-0.05, 0) is 19.0 Å². The second-order valence-corrected chi connectivity index (χ2v) is 9.07. The van der Waals surface area contributed by atoms with Gasteiger partial charge >= 0.3 is 6.03 Å². The third-order valence-corrected chi connectivity index (χ3v) is 6.88. The van der Waals surface area contributed by atoms with E-state index in [1.165, 1.54) is 4.90 Å². The molecule has 3 amide bonds. The summed E-state index contributed by atoms with van der Waals surface area (Å²) in [6.45, 7) is 6.42. The van der Waals surface area contributed by atoms with E-state index >= 15 is 0 Å². The Morgan fingerprint density at radius 2 is 1.87 bits per heavy atom. The highest BCUT2D eigenvalue weighted by Crippen LogP contribution is 2.28. The van der Waals surface area contributed by atoms with Gasteiger partial charge in [-0.2, -0.15) is 0 Å². The van der Waals surface area contributed by atoms with Crippen molar-refractivity contribution in [2.75, 3.05) is 52.6 Å². The molecule has 3 aliphatic rings. The summed E-state index contributed by atoms with van der Waals surface area (Å²) in [7, 11) is 3.80. The maximum absolute atomic E-state index is 12.8. The van der Waals surface area contributed by atoms with E-state index in [2.05, 4.69) is 44.0 Å². The van der Waals surface area contributed by atoms with E-state index in [0.29, 0.717) is 6.54 Å². The molecule has 0 spiro atoms. The van der Waals surface area contributed by atoms with Crippen molar-refractivity contribution in [2.24, 2.45) is 10.9 Å². The molecule has 0 aromatic carbocycles. The number of amides is 3. The predicted molar refractivity (Wildman–Crippen MR) is 114 cm³/mol. The molecule has 0 bridgehead atoms. The lowest BCUT2D eigenvalue weighted by molar-refractivity contribution is -0.127. The molecule has 3 aliphatic heterocycles. The normalized spacial score (nSPS) is 25.8. The Balaban J connectivity index is 1.50. The first-order valence-corrected chi connectivity index (χ1v) is 11.2. The number of imide groups is 1. The Bertz CT molecular complexity index is 814. The number of fused-ring (bicyclic) bond motifs is 1. The van der Waals surface area contributed by atoms with Crippen molar-refractivity contribution in [1.82, 2.24) is 34.9 Å². The standard InChI is InChI=1S/C19H28N8O2S/c1-13(12-30-17-20-5-4-6-21-17)11-27-14-15(25(3)19(29)23-16(14)28)22-18(27)26-9-7-24(2)8-10-26/h4-6,13-15H,7-12H2,1-3H3,(H,23,28,29). The van der Waals surface area contributed by atoms with E-state index in [0.717, 1.165) is 43.0 Å². The topological polar surface area (TPSA) is 97.3 Å². The first kappa shape index (κ1) is 20.9. The van der Waals surface area contributed by atoms with Crippen LogP contribution in [-0.4, -0.2) is 112 Å². The number of guanidine groups is 1. The minimum absolute atomic E-state index is 0.269. The highest BCUT2D eigenvalue weighted by molar-refractivity contribution is 7.99. The lowest BCUT2D eigenvalue weighted by Gasteiger charge is -2.40. The number of thioether (sulfide) groups is 1. The van der Waals surface area contributed by atoms with Crippen LogP contribution in [0.3, 0.4) is 0 Å². The van der Waals surface area contributed by atoms with Gasteiger partial charge in [0.2, 0.25) is 0 Å². The molecule has 4 heterocycles. The Labute approximate surface area is 180 Å². The van der Waals surface area contributed by atoms with E-state index in [-0.39, 0.29) is 11.8 Å². The quantitative estimate of drug-likeness (QED) is 0.513. The third kappa shape index (κ3) is 4.22. The van der Waals surface area contributed by atoms with E-state index in [4.69, 9.17) is 4.99 Å². The number of hydrogen-bond donors (Lipinski definition) is 1. The Hall–Kier alpha value is -2.40. The number of rotatable bonds is 5. The molecular weight excluding hydrogens is 404 g/mol. The largest absolute Gasteiger partial charge is 0.340 e. The van der Waals surface area contributed by atoms with Crippen molar-refractivity contribution >= 4 is 29.7 Å². The van der Waals surface area contributed by atoms with E-state index in [1.807, 2.05) is 0 Å². The highest BCUT2D eigenvalue weighted by atomic mass is 32.2. The molecule has 1 aromatic heterocycles. The van der Waals surface area contributed by atoms with Gasteiger partial charge in [-0.25, -0.2) is 19.8 Å². The zero-order chi connectivity index (χ0) is 21.3. The number of urea groups is 1. The maximum Gasteiger partial charge on any atom is 0.325 e. The van der Waals surface area contributed by atoms with Gasteiger partial charge < -0.3 is 19.6 Å². The van der Waals surface area contributed by atoms with Gasteiger partial charge in [-0.1, -0.05) is 18.7 Å². The lowest BCUT2D eigenvalue weighted by Crippen LogP contribution is -2.65. The number of hydrogen-bond acceptors (Lipinski definition) is 9. The summed E-state index contributed by atoms with van der Waals surface area (Å²) in [5.41, 5.74) is 0. The predicted octanol–water partition coefficient (Wildman–Crippen LogP) is 0.000100. The van der Waals surface area contributed by atoms with Crippen LogP contribution < -0.4 is 5.32 Å². The van der Waals surface area contributed by atoms with Crippen molar-refractivity contribution in [1.29, 1.82) is 0 Å². The maximum atomic E-state index is 12.8. The van der Waals surface area contributed by atoms with Crippen molar-refractivity contribution in [3.8, 4) is 0 Å². The van der Waals surface area contributed by atoms with E-state index < -0.39 is 18.2 Å². The fourth-order valence-electron chi connectivity index (χ4n) is 3.94. The van der Waals surface area contributed by atoms with Crippen molar-refractivity contribution in [3.05, 3.63) is 18.5 Å². The van der Waals surface area contributed by atoms with Crippen molar-refractivity contribution < 1.29 is 9.59 Å². The van der Waals surface area contributed by atoms with Crippen LogP contribution >= 0.6 is 11.8 Å². The van der Waals surface area contributed by atoms with Crippen LogP contribution in [-0.2, 0) is 4.79 Å². The average molecular weight is 433 g/mol. The number of carbonyl (C=O) groups is 2. The molecule has 2 saturated heterocycles. The number of carbonyl (C=O) groups excluding carboxylic acids is 2. The minimum atomic E-state index is -0.497. The van der Waals surface area contributed by atoms with Crippen LogP contribution in [0.25, 0.3) is 0 Å². The first-order chi connectivity index (χ1) is 14.4. The van der Waals surface area contributed by atoms with Gasteiger partial charge in [0.25, 0.3) is 5.91 Å². The van der Waals surface area contributed by atoms with Gasteiger partial charge in [-0.3, -0.25) is 10.1 Å². The summed E-state index contributed by atoms with van der Waals surface area (Å²) >= 11 is 1.61. The highest BCUT2D eigenvalue weighted by Gasteiger charge is 2.50. The molecule has 2 fully saturated rings. The monoisotopic (exact) mass is 432 g/mol. The summed E-state index contributed by atoms with van der Waals surface area (Å²) in [5, 5.41) is 3.22. The summed E-state index contributed by atoms with van der Waals surface area (Å²) < 4.78 is 0. The Morgan fingerprint density at radius 1 is 1.17 bits per heavy atom. The smallest absolute Gasteiger partial charge is 0.325 e. The van der Waals surface area contributed by atoms with Crippen LogP contribution in [0.2, 0.25) is 0 Å². The number of aliphatic imine (C=N–C) groups is 1. The van der Waals surface area contributed by atoms with E-state index in [1.54, 1.807) is 37.3 Å².